The van der Waals surface area contributed by atoms with E-state index in [1.54, 1.807) is 17.0 Å². The monoisotopic (exact) mass is 380 g/mol. The molecule has 27 heavy (non-hydrogen) atoms. The Morgan fingerprint density at radius 2 is 1.85 bits per heavy atom. The summed E-state index contributed by atoms with van der Waals surface area (Å²) in [7, 11) is 4.54. The lowest BCUT2D eigenvalue weighted by atomic mass is 10.2. The molecule has 2 rings (SSSR count). The molecule has 8 heteroatoms. The van der Waals surface area contributed by atoms with Gasteiger partial charge in [-0.25, -0.2) is 0 Å². The number of carbonyl (C=O) groups excluding carboxylic acids is 2. The van der Waals surface area contributed by atoms with Gasteiger partial charge in [0.15, 0.2) is 11.5 Å². The number of methoxy groups -OCH3 is 3. The van der Waals surface area contributed by atoms with E-state index in [1.807, 2.05) is 0 Å². The van der Waals surface area contributed by atoms with E-state index in [4.69, 9.17) is 18.9 Å². The summed E-state index contributed by atoms with van der Waals surface area (Å²) < 4.78 is 21.4. The van der Waals surface area contributed by atoms with Gasteiger partial charge in [0.05, 0.1) is 27.4 Å². The molecule has 1 atom stereocenters. The standard InChI is InChI=1S/C19H28N2O6/c1-13(22)21(12-15-6-5-9-27-15)8-7-18(23)20-14-10-16(24-2)19(26-4)17(11-14)25-3/h10-11,15H,5-9,12H2,1-4H3,(H,20,23). The first-order chi connectivity index (χ1) is 13.0. The fraction of sp³-hybridized carbons (Fsp3) is 0.579. The third kappa shape index (κ3) is 5.75. The number of rotatable bonds is 9. The second-order valence-corrected chi connectivity index (χ2v) is 6.31. The van der Waals surface area contributed by atoms with Crippen LogP contribution in [0.25, 0.3) is 0 Å². The first kappa shape index (κ1) is 20.8. The minimum Gasteiger partial charge on any atom is -0.493 e. The number of nitrogens with zero attached hydrogens (tertiary/aromatic N) is 1. The zero-order valence-corrected chi connectivity index (χ0v) is 16.4. The molecule has 0 bridgehead atoms. The molecule has 1 aromatic rings. The maximum atomic E-state index is 12.3. The highest BCUT2D eigenvalue weighted by Crippen LogP contribution is 2.39. The van der Waals surface area contributed by atoms with E-state index in [-0.39, 0.29) is 24.3 Å². The molecule has 1 saturated heterocycles. The summed E-state index contributed by atoms with van der Waals surface area (Å²) in [5, 5.41) is 2.81. The molecule has 1 fully saturated rings. The number of benzene rings is 1. The van der Waals surface area contributed by atoms with Crippen LogP contribution in [0.1, 0.15) is 26.2 Å². The number of hydrogen-bond donors (Lipinski definition) is 1. The number of amides is 2. The second kappa shape index (κ2) is 10.0. The van der Waals surface area contributed by atoms with E-state index < -0.39 is 0 Å². The normalized spacial score (nSPS) is 15.9. The molecule has 1 unspecified atom stereocenters. The summed E-state index contributed by atoms with van der Waals surface area (Å²) in [6, 6.07) is 3.32. The van der Waals surface area contributed by atoms with Gasteiger partial charge in [-0.05, 0) is 12.8 Å². The summed E-state index contributed by atoms with van der Waals surface area (Å²) in [6.07, 6.45) is 2.20. The van der Waals surface area contributed by atoms with Crippen LogP contribution in [0.5, 0.6) is 17.2 Å². The van der Waals surface area contributed by atoms with E-state index >= 15 is 0 Å². The van der Waals surface area contributed by atoms with Crippen LogP contribution < -0.4 is 19.5 Å². The average Bonchev–Trinajstić information content (AvgIpc) is 3.17. The van der Waals surface area contributed by atoms with Gasteiger partial charge < -0.3 is 29.2 Å². The number of carbonyl (C=O) groups is 2. The summed E-state index contributed by atoms with van der Waals surface area (Å²) in [6.45, 7) is 3.10. The zero-order valence-electron chi connectivity index (χ0n) is 16.4. The van der Waals surface area contributed by atoms with Crippen LogP contribution in [0.15, 0.2) is 12.1 Å². The van der Waals surface area contributed by atoms with E-state index in [9.17, 15) is 9.59 Å². The van der Waals surface area contributed by atoms with Gasteiger partial charge in [-0.2, -0.15) is 0 Å². The maximum Gasteiger partial charge on any atom is 0.226 e. The first-order valence-corrected chi connectivity index (χ1v) is 8.95. The van der Waals surface area contributed by atoms with Gasteiger partial charge in [0.25, 0.3) is 0 Å². The van der Waals surface area contributed by atoms with Crippen molar-refractivity contribution in [2.24, 2.45) is 0 Å². The van der Waals surface area contributed by atoms with E-state index in [2.05, 4.69) is 5.32 Å². The van der Waals surface area contributed by atoms with E-state index in [1.165, 1.54) is 28.3 Å². The Hall–Kier alpha value is -2.48. The predicted octanol–water partition coefficient (Wildman–Crippen LogP) is 2.07. The Morgan fingerprint density at radius 3 is 2.33 bits per heavy atom. The van der Waals surface area contributed by atoms with Gasteiger partial charge in [0.1, 0.15) is 0 Å². The van der Waals surface area contributed by atoms with Crippen LogP contribution in [-0.2, 0) is 14.3 Å². The Labute approximate surface area is 159 Å². The molecule has 0 aromatic heterocycles. The van der Waals surface area contributed by atoms with Crippen molar-refractivity contribution in [3.8, 4) is 17.2 Å². The van der Waals surface area contributed by atoms with E-state index in [0.29, 0.717) is 36.0 Å². The van der Waals surface area contributed by atoms with Crippen molar-refractivity contribution < 1.29 is 28.5 Å². The molecular formula is C19H28N2O6. The number of nitrogens with one attached hydrogen (secondary N) is 1. The first-order valence-electron chi connectivity index (χ1n) is 8.95. The lowest BCUT2D eigenvalue weighted by molar-refractivity contribution is -0.130. The number of anilines is 1. The van der Waals surface area contributed by atoms with Crippen LogP contribution in [-0.4, -0.2) is 63.8 Å². The molecule has 8 nitrogen and oxygen atoms in total. The zero-order chi connectivity index (χ0) is 19.8. The molecule has 0 spiro atoms. The molecule has 150 valence electrons. The van der Waals surface area contributed by atoms with Gasteiger partial charge in [-0.1, -0.05) is 0 Å². The Morgan fingerprint density at radius 1 is 1.19 bits per heavy atom. The third-order valence-electron chi connectivity index (χ3n) is 4.45. The largest absolute Gasteiger partial charge is 0.493 e. The van der Waals surface area contributed by atoms with Gasteiger partial charge in [0.2, 0.25) is 17.6 Å². The molecule has 1 aromatic carbocycles. The quantitative estimate of drug-likeness (QED) is 0.706. The Kier molecular flexibility index (Phi) is 7.72. The van der Waals surface area contributed by atoms with Gasteiger partial charge >= 0.3 is 0 Å². The highest BCUT2D eigenvalue weighted by molar-refractivity contribution is 5.92. The van der Waals surface area contributed by atoms with Crippen molar-refractivity contribution in [1.82, 2.24) is 4.90 Å². The highest BCUT2D eigenvalue weighted by Gasteiger charge is 2.21. The van der Waals surface area contributed by atoms with Crippen molar-refractivity contribution in [2.75, 3.05) is 46.3 Å². The number of hydrogen-bond acceptors (Lipinski definition) is 6. The predicted molar refractivity (Wildman–Crippen MR) is 101 cm³/mol. The molecule has 1 aliphatic heterocycles. The van der Waals surface area contributed by atoms with Gasteiger partial charge in [-0.3, -0.25) is 9.59 Å². The average molecular weight is 380 g/mol. The van der Waals surface area contributed by atoms with E-state index in [0.717, 1.165) is 19.4 Å². The molecule has 1 heterocycles. The Balaban J connectivity index is 1.96. The smallest absolute Gasteiger partial charge is 0.226 e. The van der Waals surface area contributed by atoms with Crippen LogP contribution in [0.3, 0.4) is 0 Å². The molecule has 1 N–H and O–H groups in total. The van der Waals surface area contributed by atoms with Crippen molar-refractivity contribution in [2.45, 2.75) is 32.3 Å². The van der Waals surface area contributed by atoms with Crippen molar-refractivity contribution >= 4 is 17.5 Å². The lowest BCUT2D eigenvalue weighted by Crippen LogP contribution is -2.37. The van der Waals surface area contributed by atoms with Crippen LogP contribution in [0.2, 0.25) is 0 Å². The molecule has 0 saturated carbocycles. The van der Waals surface area contributed by atoms with Gasteiger partial charge in [-0.15, -0.1) is 0 Å². The van der Waals surface area contributed by atoms with Crippen LogP contribution >= 0.6 is 0 Å². The van der Waals surface area contributed by atoms with Crippen molar-refractivity contribution in [1.29, 1.82) is 0 Å². The Bertz CT molecular complexity index is 633. The van der Waals surface area contributed by atoms with Crippen LogP contribution in [0, 0.1) is 0 Å². The van der Waals surface area contributed by atoms with Crippen molar-refractivity contribution in [3.63, 3.8) is 0 Å². The molecular weight excluding hydrogens is 352 g/mol. The van der Waals surface area contributed by atoms with Crippen molar-refractivity contribution in [3.05, 3.63) is 12.1 Å². The van der Waals surface area contributed by atoms with Crippen LogP contribution in [0.4, 0.5) is 5.69 Å². The summed E-state index contributed by atoms with van der Waals surface area (Å²) >= 11 is 0. The molecule has 2 amide bonds. The SMILES string of the molecule is COc1cc(NC(=O)CCN(CC2CCCO2)C(C)=O)cc(OC)c1OC. The maximum absolute atomic E-state index is 12.3. The summed E-state index contributed by atoms with van der Waals surface area (Å²) in [4.78, 5) is 25.8. The summed E-state index contributed by atoms with van der Waals surface area (Å²) in [5.74, 6) is 1.10. The fourth-order valence-electron chi connectivity index (χ4n) is 3.02. The molecule has 1 aliphatic rings. The fourth-order valence-corrected chi connectivity index (χ4v) is 3.02. The third-order valence-corrected chi connectivity index (χ3v) is 4.45. The minimum absolute atomic E-state index is 0.0621. The topological polar surface area (TPSA) is 86.3 Å². The summed E-state index contributed by atoms with van der Waals surface area (Å²) in [5.41, 5.74) is 0.531. The molecule has 0 aliphatic carbocycles. The second-order valence-electron chi connectivity index (χ2n) is 6.31. The number of ether oxygens (including phenoxy) is 4. The lowest BCUT2D eigenvalue weighted by Gasteiger charge is -2.24. The highest BCUT2D eigenvalue weighted by atomic mass is 16.5. The van der Waals surface area contributed by atoms with Gasteiger partial charge in [0, 0.05) is 50.9 Å². The molecule has 0 radical (unpaired) electrons. The minimum atomic E-state index is -0.206.